The predicted octanol–water partition coefficient (Wildman–Crippen LogP) is 1.98. The highest BCUT2D eigenvalue weighted by Gasteiger charge is 2.44. The number of carbonyl (C=O) groups is 4. The normalized spacial score (nSPS) is 15.3. The fourth-order valence-electron chi connectivity index (χ4n) is 3.24. The van der Waals surface area contributed by atoms with Crippen molar-refractivity contribution in [1.82, 2.24) is 4.90 Å². The third kappa shape index (κ3) is 4.92. The Bertz CT molecular complexity index is 1040. The lowest BCUT2D eigenvalue weighted by Gasteiger charge is -2.29. The maximum atomic E-state index is 13.2. The first-order valence-electron chi connectivity index (χ1n) is 9.60. The molecule has 1 aliphatic heterocycles. The first-order chi connectivity index (χ1) is 15.3. The maximum Gasteiger partial charge on any atom is 0.337 e. The molecule has 1 atom stereocenters. The summed E-state index contributed by atoms with van der Waals surface area (Å²) >= 11 is 5.44. The van der Waals surface area contributed by atoms with Gasteiger partial charge in [-0.3, -0.25) is 14.4 Å². The van der Waals surface area contributed by atoms with Gasteiger partial charge in [-0.1, -0.05) is 18.2 Å². The fourth-order valence-corrected chi connectivity index (χ4v) is 3.55. The van der Waals surface area contributed by atoms with Crippen LogP contribution in [-0.2, 0) is 23.9 Å². The molecule has 0 aliphatic carbocycles. The van der Waals surface area contributed by atoms with Crippen molar-refractivity contribution >= 4 is 52.5 Å². The zero-order valence-electron chi connectivity index (χ0n) is 17.4. The molecule has 1 saturated heterocycles. The summed E-state index contributed by atoms with van der Waals surface area (Å²) in [6.07, 6.45) is -0.175. The summed E-state index contributed by atoms with van der Waals surface area (Å²) in [6, 6.07) is 13.9. The van der Waals surface area contributed by atoms with Gasteiger partial charge in [0.1, 0.15) is 12.6 Å². The van der Waals surface area contributed by atoms with Crippen molar-refractivity contribution in [2.45, 2.75) is 12.5 Å². The molecule has 9 nitrogen and oxygen atoms in total. The topological polar surface area (TPSA) is 105 Å². The summed E-state index contributed by atoms with van der Waals surface area (Å²) < 4.78 is 9.40. The number of imide groups is 1. The number of methoxy groups -OCH3 is 2. The monoisotopic (exact) mass is 455 g/mol. The Morgan fingerprint density at radius 3 is 2.31 bits per heavy atom. The average Bonchev–Trinajstić information content (AvgIpc) is 3.10. The highest BCUT2D eigenvalue weighted by atomic mass is 32.1. The molecule has 2 aromatic carbocycles. The zero-order valence-corrected chi connectivity index (χ0v) is 18.3. The molecule has 1 N–H and O–H groups in total. The van der Waals surface area contributed by atoms with Crippen molar-refractivity contribution < 1.29 is 28.7 Å². The number of hydrogen-bond acceptors (Lipinski definition) is 7. The lowest BCUT2D eigenvalue weighted by Crippen LogP contribution is -2.49. The second kappa shape index (κ2) is 10.0. The van der Waals surface area contributed by atoms with Gasteiger partial charge in [0.05, 0.1) is 31.9 Å². The van der Waals surface area contributed by atoms with E-state index in [0.29, 0.717) is 11.4 Å². The molecule has 0 spiro atoms. The number of thiocarbonyl (C=S) groups is 1. The van der Waals surface area contributed by atoms with Crippen LogP contribution < -0.4 is 10.2 Å². The van der Waals surface area contributed by atoms with Crippen LogP contribution in [0.3, 0.4) is 0 Å². The zero-order chi connectivity index (χ0) is 23.3. The molecule has 0 aromatic heterocycles. The number of nitrogens with one attached hydrogen (secondary N) is 1. The van der Waals surface area contributed by atoms with E-state index in [2.05, 4.69) is 10.1 Å². The van der Waals surface area contributed by atoms with Gasteiger partial charge in [-0.2, -0.15) is 0 Å². The van der Waals surface area contributed by atoms with Gasteiger partial charge >= 0.3 is 11.9 Å². The second-order valence-corrected chi connectivity index (χ2v) is 7.21. The Hall–Kier alpha value is -3.79. The summed E-state index contributed by atoms with van der Waals surface area (Å²) in [5, 5.41) is 3.09. The number of ether oxygens (including phenoxy) is 2. The van der Waals surface area contributed by atoms with Gasteiger partial charge in [-0.25, -0.2) is 9.69 Å². The Balaban J connectivity index is 1.84. The van der Waals surface area contributed by atoms with Crippen LogP contribution >= 0.6 is 12.2 Å². The standard InChI is InChI=1S/C22H21N3O6S/c1-30-19(27)13-24(22(32)23-15-6-4-3-5-7-15)17-12-18(26)25(20(17)28)16-10-8-14(9-11-16)21(29)31-2/h3-11,17H,12-13H2,1-2H3,(H,23,32). The minimum atomic E-state index is -0.995. The van der Waals surface area contributed by atoms with Crippen LogP contribution in [0.4, 0.5) is 11.4 Å². The van der Waals surface area contributed by atoms with Crippen LogP contribution in [0.2, 0.25) is 0 Å². The van der Waals surface area contributed by atoms with E-state index in [1.807, 2.05) is 6.07 Å². The van der Waals surface area contributed by atoms with Gasteiger partial charge in [0.15, 0.2) is 5.11 Å². The van der Waals surface area contributed by atoms with E-state index in [0.717, 1.165) is 4.90 Å². The number of hydrogen-bond donors (Lipinski definition) is 1. The summed E-state index contributed by atoms with van der Waals surface area (Å²) in [6.45, 7) is -0.312. The summed E-state index contributed by atoms with van der Waals surface area (Å²) in [5.41, 5.74) is 1.25. The summed E-state index contributed by atoms with van der Waals surface area (Å²) in [5.74, 6) is -2.14. The first-order valence-corrected chi connectivity index (χ1v) is 10.0. The van der Waals surface area contributed by atoms with Crippen molar-refractivity contribution in [2.24, 2.45) is 0 Å². The smallest absolute Gasteiger partial charge is 0.337 e. The Morgan fingerprint density at radius 1 is 1.06 bits per heavy atom. The number of esters is 2. The van der Waals surface area contributed by atoms with Crippen molar-refractivity contribution in [3.8, 4) is 0 Å². The third-order valence-electron chi connectivity index (χ3n) is 4.86. The highest BCUT2D eigenvalue weighted by Crippen LogP contribution is 2.27. The van der Waals surface area contributed by atoms with E-state index in [9.17, 15) is 19.2 Å². The highest BCUT2D eigenvalue weighted by molar-refractivity contribution is 7.80. The van der Waals surface area contributed by atoms with Crippen molar-refractivity contribution in [1.29, 1.82) is 0 Å². The summed E-state index contributed by atoms with van der Waals surface area (Å²) in [7, 11) is 2.49. The molecule has 2 amide bonds. The van der Waals surface area contributed by atoms with E-state index in [1.54, 1.807) is 24.3 Å². The van der Waals surface area contributed by atoms with Crippen LogP contribution in [0.25, 0.3) is 0 Å². The number of para-hydroxylation sites is 1. The van der Waals surface area contributed by atoms with Gasteiger partial charge in [-0.05, 0) is 48.6 Å². The van der Waals surface area contributed by atoms with Crippen LogP contribution in [0.5, 0.6) is 0 Å². The van der Waals surface area contributed by atoms with E-state index in [1.165, 1.54) is 43.4 Å². The number of amides is 2. The molecule has 1 aliphatic rings. The Labute approximate surface area is 189 Å². The van der Waals surface area contributed by atoms with Gasteiger partial charge in [0.2, 0.25) is 5.91 Å². The fraction of sp³-hybridized carbons (Fsp3) is 0.227. The van der Waals surface area contributed by atoms with Crippen molar-refractivity contribution in [2.75, 3.05) is 31.0 Å². The number of benzene rings is 2. The van der Waals surface area contributed by atoms with Crippen LogP contribution in [0.15, 0.2) is 54.6 Å². The van der Waals surface area contributed by atoms with Crippen LogP contribution in [0.1, 0.15) is 16.8 Å². The number of nitrogens with zero attached hydrogens (tertiary/aromatic N) is 2. The van der Waals surface area contributed by atoms with Crippen molar-refractivity contribution in [3.05, 3.63) is 60.2 Å². The lowest BCUT2D eigenvalue weighted by molar-refractivity contribution is -0.141. The average molecular weight is 455 g/mol. The molecule has 32 heavy (non-hydrogen) atoms. The molecule has 0 radical (unpaired) electrons. The SMILES string of the molecule is COC(=O)CN(C(=S)Nc1ccccc1)C1CC(=O)N(c2ccc(C(=O)OC)cc2)C1=O. The quantitative estimate of drug-likeness (QED) is 0.398. The van der Waals surface area contributed by atoms with Crippen molar-refractivity contribution in [3.63, 3.8) is 0 Å². The summed E-state index contributed by atoms with van der Waals surface area (Å²) in [4.78, 5) is 51.9. The first kappa shape index (κ1) is 22.9. The molecule has 10 heteroatoms. The van der Waals surface area contributed by atoms with Crippen LogP contribution in [-0.4, -0.2) is 60.6 Å². The minimum Gasteiger partial charge on any atom is -0.468 e. The van der Waals surface area contributed by atoms with E-state index in [4.69, 9.17) is 17.0 Å². The molecule has 2 aromatic rings. The molecule has 1 unspecified atom stereocenters. The lowest BCUT2D eigenvalue weighted by atomic mass is 10.2. The Morgan fingerprint density at radius 2 is 1.72 bits per heavy atom. The van der Waals surface area contributed by atoms with E-state index in [-0.39, 0.29) is 23.6 Å². The predicted molar refractivity (Wildman–Crippen MR) is 120 cm³/mol. The number of carbonyl (C=O) groups excluding carboxylic acids is 4. The molecule has 3 rings (SSSR count). The molecule has 1 heterocycles. The van der Waals surface area contributed by atoms with Gasteiger partial charge in [0.25, 0.3) is 5.91 Å². The minimum absolute atomic E-state index is 0.107. The molecular weight excluding hydrogens is 434 g/mol. The number of rotatable bonds is 6. The van der Waals surface area contributed by atoms with E-state index < -0.39 is 29.8 Å². The molecular formula is C22H21N3O6S. The largest absolute Gasteiger partial charge is 0.468 e. The number of anilines is 2. The third-order valence-corrected chi connectivity index (χ3v) is 5.20. The van der Waals surface area contributed by atoms with Gasteiger partial charge in [0, 0.05) is 5.69 Å². The van der Waals surface area contributed by atoms with E-state index >= 15 is 0 Å². The molecule has 166 valence electrons. The second-order valence-electron chi connectivity index (χ2n) is 6.83. The Kier molecular flexibility index (Phi) is 7.16. The maximum absolute atomic E-state index is 13.2. The van der Waals surface area contributed by atoms with Gasteiger partial charge in [-0.15, -0.1) is 0 Å². The molecule has 0 saturated carbocycles. The molecule has 0 bridgehead atoms. The molecule has 1 fully saturated rings. The van der Waals surface area contributed by atoms with Gasteiger partial charge < -0.3 is 19.7 Å². The van der Waals surface area contributed by atoms with Crippen LogP contribution in [0, 0.1) is 0 Å².